The molecule has 1 aromatic heterocycles. The Morgan fingerprint density at radius 3 is 2.60 bits per heavy atom. The van der Waals surface area contributed by atoms with Gasteiger partial charge in [-0.1, -0.05) is 12.1 Å². The van der Waals surface area contributed by atoms with Crippen molar-refractivity contribution >= 4 is 27.5 Å². The molecule has 2 aromatic carbocycles. The van der Waals surface area contributed by atoms with Crippen molar-refractivity contribution in [1.82, 2.24) is 15.1 Å². The topological polar surface area (TPSA) is 158 Å². The number of nitrogens with two attached hydrogens (primary N) is 1. The number of hydrogen-bond donors (Lipinski definition) is 1. The van der Waals surface area contributed by atoms with Crippen LogP contribution in [0, 0.1) is 0 Å². The van der Waals surface area contributed by atoms with Gasteiger partial charge < -0.3 is 29.4 Å². The van der Waals surface area contributed by atoms with Gasteiger partial charge in [0.05, 0.1) is 48.1 Å². The number of anilines is 1. The van der Waals surface area contributed by atoms with E-state index in [2.05, 4.69) is 10.2 Å². The number of sulfone groups is 1. The fourth-order valence-corrected chi connectivity index (χ4v) is 7.39. The zero-order valence-electron chi connectivity index (χ0n) is 23.3. The first-order valence-electron chi connectivity index (χ1n) is 14.1. The lowest BCUT2D eigenvalue weighted by molar-refractivity contribution is -0.119. The molecule has 0 spiro atoms. The van der Waals surface area contributed by atoms with Crippen LogP contribution < -0.4 is 15.4 Å². The van der Waals surface area contributed by atoms with Gasteiger partial charge in [-0.05, 0) is 68.0 Å². The summed E-state index contributed by atoms with van der Waals surface area (Å²) in [6.07, 6.45) is 4.88. The highest BCUT2D eigenvalue weighted by Crippen LogP contribution is 2.36. The van der Waals surface area contributed by atoms with Crippen LogP contribution in [-0.4, -0.2) is 73.6 Å². The third kappa shape index (κ3) is 5.58. The fraction of sp³-hybridized carbons (Fsp3) is 0.448. The number of methoxy groups -OCH3 is 1. The minimum absolute atomic E-state index is 0.0120. The molecule has 3 aromatic rings. The van der Waals surface area contributed by atoms with Crippen molar-refractivity contribution in [3.05, 3.63) is 53.9 Å². The van der Waals surface area contributed by atoms with Crippen LogP contribution in [0.1, 0.15) is 49.5 Å². The van der Waals surface area contributed by atoms with Crippen molar-refractivity contribution < 1.29 is 31.9 Å². The first-order valence-corrected chi connectivity index (χ1v) is 15.7. The zero-order valence-corrected chi connectivity index (χ0v) is 24.1. The van der Waals surface area contributed by atoms with E-state index in [1.807, 2.05) is 24.3 Å². The summed E-state index contributed by atoms with van der Waals surface area (Å²) in [5, 5.41) is 8.37. The van der Waals surface area contributed by atoms with Gasteiger partial charge in [0, 0.05) is 18.7 Å². The second-order valence-electron chi connectivity index (χ2n) is 11.0. The molecule has 1 aliphatic carbocycles. The van der Waals surface area contributed by atoms with E-state index in [4.69, 9.17) is 19.6 Å². The SMILES string of the molecule is COC(=O)N1CCC(c2nnc(-c3ccc4c(c3)N(Cc3ccc(OC5CCCC5)cc3)C(=O)[C@@H](N)CS4(=O)=O)o2)C1. The maximum Gasteiger partial charge on any atom is 0.409 e. The standard InChI is InChI=1S/C29H33N5O7S/c1-39-29(36)33-13-12-20(16-33)27-32-31-26(41-27)19-8-11-25-24(14-19)34(28(35)23(30)17-42(25,37)38)15-18-6-9-22(10-7-18)40-21-4-2-3-5-21/h6-11,14,20-21,23H,2-5,12-13,15-17,30H2,1H3/t20?,23-/m0/s1. The highest BCUT2D eigenvalue weighted by molar-refractivity contribution is 7.91. The second kappa shape index (κ2) is 11.4. The van der Waals surface area contributed by atoms with Crippen molar-refractivity contribution in [2.24, 2.45) is 5.73 Å². The predicted molar refractivity (Wildman–Crippen MR) is 152 cm³/mol. The number of rotatable bonds is 6. The summed E-state index contributed by atoms with van der Waals surface area (Å²) in [6, 6.07) is 10.9. The molecule has 2 N–H and O–H groups in total. The van der Waals surface area contributed by atoms with Crippen molar-refractivity contribution in [3.8, 4) is 17.2 Å². The Morgan fingerprint density at radius 1 is 1.10 bits per heavy atom. The molecule has 2 aliphatic heterocycles. The van der Waals surface area contributed by atoms with E-state index in [-0.39, 0.29) is 35.0 Å². The van der Waals surface area contributed by atoms with Crippen LogP contribution in [-0.2, 0) is 25.9 Å². The van der Waals surface area contributed by atoms with Gasteiger partial charge in [0.2, 0.25) is 17.7 Å². The molecular formula is C29H33N5O7S. The smallest absolute Gasteiger partial charge is 0.409 e. The van der Waals surface area contributed by atoms with Crippen molar-refractivity contribution in [2.75, 3.05) is 30.9 Å². The number of hydrogen-bond acceptors (Lipinski definition) is 10. The lowest BCUT2D eigenvalue weighted by Crippen LogP contribution is -2.45. The predicted octanol–water partition coefficient (Wildman–Crippen LogP) is 3.26. The van der Waals surface area contributed by atoms with Gasteiger partial charge in [0.25, 0.3) is 0 Å². The van der Waals surface area contributed by atoms with Gasteiger partial charge in [0.1, 0.15) is 5.75 Å². The number of carbonyl (C=O) groups is 2. The third-order valence-electron chi connectivity index (χ3n) is 8.09. The normalized spacial score (nSPS) is 22.2. The number of likely N-dealkylation sites (tertiary alicyclic amines) is 1. The van der Waals surface area contributed by atoms with Crippen LogP contribution in [0.25, 0.3) is 11.5 Å². The molecule has 3 aliphatic rings. The Balaban J connectivity index is 1.28. The number of ether oxygens (including phenoxy) is 2. The highest BCUT2D eigenvalue weighted by atomic mass is 32.2. The molecule has 42 heavy (non-hydrogen) atoms. The van der Waals surface area contributed by atoms with Crippen LogP contribution >= 0.6 is 0 Å². The molecule has 1 unspecified atom stereocenters. The summed E-state index contributed by atoms with van der Waals surface area (Å²) < 4.78 is 43.3. The molecule has 2 fully saturated rings. The van der Waals surface area contributed by atoms with Crippen LogP contribution in [0.4, 0.5) is 10.5 Å². The summed E-state index contributed by atoms with van der Waals surface area (Å²) in [7, 11) is -2.52. The maximum atomic E-state index is 13.5. The van der Waals surface area contributed by atoms with Gasteiger partial charge in [-0.3, -0.25) is 4.79 Å². The minimum atomic E-state index is -3.85. The molecule has 1 saturated carbocycles. The van der Waals surface area contributed by atoms with Gasteiger partial charge in [0.15, 0.2) is 9.84 Å². The monoisotopic (exact) mass is 595 g/mol. The van der Waals surface area contributed by atoms with Gasteiger partial charge in [-0.2, -0.15) is 0 Å². The second-order valence-corrected chi connectivity index (χ2v) is 13.0. The van der Waals surface area contributed by atoms with Crippen molar-refractivity contribution in [1.29, 1.82) is 0 Å². The summed E-state index contributed by atoms with van der Waals surface area (Å²) in [6.45, 7) is 1.01. The summed E-state index contributed by atoms with van der Waals surface area (Å²) in [4.78, 5) is 28.3. The Morgan fingerprint density at radius 2 is 1.86 bits per heavy atom. The average Bonchev–Trinajstić information content (AvgIpc) is 3.77. The van der Waals surface area contributed by atoms with E-state index in [0.29, 0.717) is 31.0 Å². The molecule has 2 amide bonds. The Labute approximate surface area is 243 Å². The number of amides is 2. The lowest BCUT2D eigenvalue weighted by atomic mass is 10.1. The molecule has 0 bridgehead atoms. The summed E-state index contributed by atoms with van der Waals surface area (Å²) in [5.74, 6) is 0.166. The summed E-state index contributed by atoms with van der Waals surface area (Å²) >= 11 is 0. The number of aromatic nitrogens is 2. The molecule has 2 atom stereocenters. The molecular weight excluding hydrogens is 562 g/mol. The van der Waals surface area contributed by atoms with E-state index in [9.17, 15) is 18.0 Å². The van der Waals surface area contributed by atoms with Gasteiger partial charge in [-0.15, -0.1) is 10.2 Å². The molecule has 13 heteroatoms. The Hall–Kier alpha value is -3.97. The first kappa shape index (κ1) is 28.2. The lowest BCUT2D eigenvalue weighted by Gasteiger charge is -2.24. The van der Waals surface area contributed by atoms with Crippen LogP contribution in [0.5, 0.6) is 5.75 Å². The average molecular weight is 596 g/mol. The minimum Gasteiger partial charge on any atom is -0.490 e. The molecule has 3 heterocycles. The number of carbonyl (C=O) groups excluding carboxylic acids is 2. The summed E-state index contributed by atoms with van der Waals surface area (Å²) in [5.41, 5.74) is 7.54. The maximum absolute atomic E-state index is 13.5. The largest absolute Gasteiger partial charge is 0.490 e. The van der Waals surface area contributed by atoms with Crippen molar-refractivity contribution in [3.63, 3.8) is 0 Å². The van der Waals surface area contributed by atoms with E-state index < -0.39 is 33.6 Å². The van der Waals surface area contributed by atoms with Gasteiger partial charge >= 0.3 is 6.09 Å². The molecule has 0 radical (unpaired) electrons. The van der Waals surface area contributed by atoms with Gasteiger partial charge in [-0.25, -0.2) is 13.2 Å². The highest BCUT2D eigenvalue weighted by Gasteiger charge is 2.37. The van der Waals surface area contributed by atoms with Crippen LogP contribution in [0.3, 0.4) is 0 Å². The van der Waals surface area contributed by atoms with Crippen LogP contribution in [0.15, 0.2) is 51.8 Å². The van der Waals surface area contributed by atoms with E-state index in [0.717, 1.165) is 24.2 Å². The number of benzene rings is 2. The molecule has 6 rings (SSSR count). The Kier molecular flexibility index (Phi) is 7.62. The number of fused-ring (bicyclic) bond motifs is 1. The Bertz CT molecular complexity index is 1580. The van der Waals surface area contributed by atoms with E-state index in [1.54, 1.807) is 17.0 Å². The van der Waals surface area contributed by atoms with E-state index >= 15 is 0 Å². The fourth-order valence-electron chi connectivity index (χ4n) is 5.83. The van der Waals surface area contributed by atoms with E-state index in [1.165, 1.54) is 30.9 Å². The zero-order chi connectivity index (χ0) is 29.4. The molecule has 12 nitrogen and oxygen atoms in total. The molecule has 1 saturated heterocycles. The van der Waals surface area contributed by atoms with Crippen LogP contribution in [0.2, 0.25) is 0 Å². The van der Waals surface area contributed by atoms with Crippen molar-refractivity contribution in [2.45, 2.75) is 61.6 Å². The molecule has 222 valence electrons. The third-order valence-corrected chi connectivity index (χ3v) is 9.91. The first-order chi connectivity index (χ1) is 20.2. The number of nitrogens with zero attached hydrogens (tertiary/aromatic N) is 4. The quantitative estimate of drug-likeness (QED) is 0.448.